The average Bonchev–Trinajstić information content (AvgIpc) is 3.39. The molecule has 0 spiro atoms. The van der Waals surface area contributed by atoms with Crippen LogP contribution in [0.3, 0.4) is 0 Å². The Morgan fingerprint density at radius 2 is 2.11 bits per heavy atom. The molecule has 13 heteroatoms. The normalized spacial score (nSPS) is 23.0. The van der Waals surface area contributed by atoms with Gasteiger partial charge in [0.1, 0.15) is 30.7 Å². The molecule has 6 N–H and O–H groups in total. The summed E-state index contributed by atoms with van der Waals surface area (Å²) in [6, 6.07) is -0.961. The van der Waals surface area contributed by atoms with Gasteiger partial charge in [-0.3, -0.25) is 14.3 Å². The van der Waals surface area contributed by atoms with Gasteiger partial charge in [0.05, 0.1) is 6.33 Å². The Kier molecular flexibility index (Phi) is 10.4. The average molecular weight is 601 g/mol. The zero-order valence-electron chi connectivity index (χ0n) is 19.3. The number of aromatic nitrogens is 4. The lowest BCUT2D eigenvalue weighted by Crippen LogP contribution is -2.43. The number of fused-ring (bicyclic) bond motifs is 1. The Hall–Kier alpha value is -2.09. The Balaban J connectivity index is 1.69. The number of nitrogens with two attached hydrogens (primary N) is 1. The van der Waals surface area contributed by atoms with Crippen molar-refractivity contribution < 1.29 is 24.9 Å². The van der Waals surface area contributed by atoms with E-state index in [0.29, 0.717) is 43.2 Å². The lowest BCUT2D eigenvalue weighted by molar-refractivity contribution is -0.138. The molecule has 2 aromatic heterocycles. The zero-order valence-corrected chi connectivity index (χ0v) is 21.5. The number of hydrogen-bond acceptors (Lipinski definition) is 10. The molecule has 0 saturated carbocycles. The smallest absolute Gasteiger partial charge is 0.320 e. The molecule has 0 bridgehead atoms. The summed E-state index contributed by atoms with van der Waals surface area (Å²) in [5.41, 5.74) is 6.64. The van der Waals surface area contributed by atoms with Crippen LogP contribution in [0, 0.1) is 12.3 Å². The highest BCUT2D eigenvalue weighted by atomic mass is 127. The standard InChI is InChI=1S/C22H32IN7O5/c1-2-3-4-5-8-25-19-16-20(27-12-26-19)30(13-28-16)21-18(32)17(31)15(35-21)11-29(10-7-23)9-6-14(24)22(33)34/h1,12-15,17-18,21,31-32H,3-11,24H2,(H,33,34)(H,25,26,27)/t14-,15+,17+,18+,21+/m0/s1. The van der Waals surface area contributed by atoms with Gasteiger partial charge in [-0.1, -0.05) is 22.6 Å². The first kappa shape index (κ1) is 27.5. The van der Waals surface area contributed by atoms with Crippen molar-refractivity contribution in [3.63, 3.8) is 0 Å². The molecule has 1 aliphatic heterocycles. The van der Waals surface area contributed by atoms with Crippen molar-refractivity contribution in [1.29, 1.82) is 0 Å². The molecule has 35 heavy (non-hydrogen) atoms. The van der Waals surface area contributed by atoms with Crippen LogP contribution in [0.4, 0.5) is 5.82 Å². The number of hydrogen-bond donors (Lipinski definition) is 5. The molecule has 1 fully saturated rings. The van der Waals surface area contributed by atoms with Crippen LogP contribution in [-0.2, 0) is 9.53 Å². The molecular formula is C22H32IN7O5. The Labute approximate surface area is 217 Å². The summed E-state index contributed by atoms with van der Waals surface area (Å²) in [5, 5.41) is 33.8. The summed E-state index contributed by atoms with van der Waals surface area (Å²) in [7, 11) is 0. The van der Waals surface area contributed by atoms with Gasteiger partial charge in [0.15, 0.2) is 23.2 Å². The van der Waals surface area contributed by atoms with Gasteiger partial charge >= 0.3 is 5.97 Å². The van der Waals surface area contributed by atoms with Crippen LogP contribution >= 0.6 is 22.6 Å². The van der Waals surface area contributed by atoms with E-state index in [1.165, 1.54) is 12.7 Å². The first-order valence-electron chi connectivity index (χ1n) is 11.5. The number of imidazole rings is 1. The number of carbonyl (C=O) groups is 1. The van der Waals surface area contributed by atoms with Gasteiger partial charge in [0.25, 0.3) is 0 Å². The predicted octanol–water partition coefficient (Wildman–Crippen LogP) is 0.200. The summed E-state index contributed by atoms with van der Waals surface area (Å²) in [6.07, 6.45) is 7.08. The second-order valence-corrected chi connectivity index (χ2v) is 9.48. The molecule has 0 radical (unpaired) electrons. The number of carboxylic acids is 1. The van der Waals surface area contributed by atoms with Gasteiger partial charge in [-0.05, 0) is 19.3 Å². The second-order valence-electron chi connectivity index (χ2n) is 8.40. The molecule has 2 aromatic rings. The summed E-state index contributed by atoms with van der Waals surface area (Å²) >= 11 is 2.23. The van der Waals surface area contributed by atoms with Gasteiger partial charge in [-0.25, -0.2) is 15.0 Å². The van der Waals surface area contributed by atoms with E-state index in [0.717, 1.165) is 23.7 Å². The fourth-order valence-corrected chi connectivity index (χ4v) is 4.63. The minimum absolute atomic E-state index is 0.266. The van der Waals surface area contributed by atoms with Gasteiger partial charge in [0, 0.05) is 37.0 Å². The molecule has 12 nitrogen and oxygen atoms in total. The van der Waals surface area contributed by atoms with E-state index in [4.69, 9.17) is 22.0 Å². The van der Waals surface area contributed by atoms with E-state index in [-0.39, 0.29) is 6.42 Å². The summed E-state index contributed by atoms with van der Waals surface area (Å²) < 4.78 is 8.46. The number of aliphatic carboxylic acids is 1. The van der Waals surface area contributed by atoms with Crippen LogP contribution in [0.15, 0.2) is 12.7 Å². The monoisotopic (exact) mass is 601 g/mol. The molecule has 3 rings (SSSR count). The van der Waals surface area contributed by atoms with E-state index in [1.807, 2.05) is 4.90 Å². The minimum Gasteiger partial charge on any atom is -0.480 e. The SMILES string of the molecule is C#CCCCCNc1ncnc2c1ncn2[C@@H]1O[C@H](CN(CCI)CC[C@H](N)C(=O)O)[C@@H](O)[C@H]1O. The van der Waals surface area contributed by atoms with E-state index < -0.39 is 36.6 Å². The van der Waals surface area contributed by atoms with Gasteiger partial charge < -0.3 is 31.1 Å². The fraction of sp³-hybridized carbons (Fsp3) is 0.636. The molecule has 0 amide bonds. The Morgan fingerprint density at radius 1 is 1.31 bits per heavy atom. The molecule has 0 unspecified atom stereocenters. The van der Waals surface area contributed by atoms with E-state index >= 15 is 0 Å². The maximum atomic E-state index is 11.0. The summed E-state index contributed by atoms with van der Waals surface area (Å²) in [4.78, 5) is 26.0. The number of rotatable bonds is 14. The largest absolute Gasteiger partial charge is 0.480 e. The van der Waals surface area contributed by atoms with Gasteiger partial charge in [0.2, 0.25) is 0 Å². The molecule has 0 aliphatic carbocycles. The number of carboxylic acid groups (broad SMARTS) is 1. The van der Waals surface area contributed by atoms with Crippen LogP contribution in [-0.4, -0.2) is 101 Å². The third-order valence-corrected chi connectivity index (χ3v) is 6.41. The van der Waals surface area contributed by atoms with E-state index in [2.05, 4.69) is 48.8 Å². The quantitative estimate of drug-likeness (QED) is 0.0867. The highest BCUT2D eigenvalue weighted by Gasteiger charge is 2.44. The number of ether oxygens (including phenoxy) is 1. The Morgan fingerprint density at radius 3 is 2.83 bits per heavy atom. The van der Waals surface area contributed by atoms with Crippen molar-refractivity contribution in [3.8, 4) is 12.3 Å². The van der Waals surface area contributed by atoms with Crippen LogP contribution in [0.2, 0.25) is 0 Å². The van der Waals surface area contributed by atoms with Crippen LogP contribution in [0.1, 0.15) is 31.9 Å². The minimum atomic E-state index is -1.20. The van der Waals surface area contributed by atoms with Crippen LogP contribution in [0.25, 0.3) is 11.2 Å². The van der Waals surface area contributed by atoms with Gasteiger partial charge in [-0.2, -0.15) is 0 Å². The summed E-state index contributed by atoms with van der Waals surface area (Å²) in [6.45, 7) is 2.09. The van der Waals surface area contributed by atoms with Crippen LogP contribution < -0.4 is 11.1 Å². The lowest BCUT2D eigenvalue weighted by atomic mass is 10.1. The summed E-state index contributed by atoms with van der Waals surface area (Å²) in [5.74, 6) is 2.14. The van der Waals surface area contributed by atoms with Crippen molar-refractivity contribution in [2.24, 2.45) is 5.73 Å². The number of aliphatic hydroxyl groups is 2. The number of aliphatic hydroxyl groups excluding tert-OH is 2. The molecule has 192 valence electrons. The van der Waals surface area contributed by atoms with E-state index in [1.54, 1.807) is 4.57 Å². The molecule has 3 heterocycles. The third-order valence-electron chi connectivity index (χ3n) is 5.92. The number of unbranched alkanes of at least 4 members (excludes halogenated alkanes) is 2. The number of terminal acetylenes is 1. The van der Waals surface area contributed by atoms with Crippen molar-refractivity contribution >= 4 is 45.5 Å². The third kappa shape index (κ3) is 6.99. The highest BCUT2D eigenvalue weighted by molar-refractivity contribution is 14.1. The molecule has 1 saturated heterocycles. The number of anilines is 1. The van der Waals surface area contributed by atoms with Crippen LogP contribution in [0.5, 0.6) is 0 Å². The maximum absolute atomic E-state index is 11.0. The predicted molar refractivity (Wildman–Crippen MR) is 138 cm³/mol. The second kappa shape index (κ2) is 13.3. The number of nitrogens with one attached hydrogen (secondary N) is 1. The first-order chi connectivity index (χ1) is 16.9. The van der Waals surface area contributed by atoms with Crippen molar-refractivity contribution in [3.05, 3.63) is 12.7 Å². The zero-order chi connectivity index (χ0) is 25.4. The maximum Gasteiger partial charge on any atom is 0.320 e. The molecule has 5 atom stereocenters. The number of halogens is 1. The first-order valence-corrected chi connectivity index (χ1v) is 13.0. The highest BCUT2D eigenvalue weighted by Crippen LogP contribution is 2.32. The number of alkyl halides is 1. The van der Waals surface area contributed by atoms with Crippen molar-refractivity contribution in [2.75, 3.05) is 35.9 Å². The Bertz CT molecular complexity index is 1020. The number of nitrogens with zero attached hydrogens (tertiary/aromatic N) is 5. The van der Waals surface area contributed by atoms with Crippen molar-refractivity contribution in [1.82, 2.24) is 24.4 Å². The van der Waals surface area contributed by atoms with Gasteiger partial charge in [-0.15, -0.1) is 12.3 Å². The van der Waals surface area contributed by atoms with Crippen molar-refractivity contribution in [2.45, 2.75) is 56.3 Å². The molecular weight excluding hydrogens is 569 g/mol. The molecule has 0 aromatic carbocycles. The fourth-order valence-electron chi connectivity index (χ4n) is 3.95. The lowest BCUT2D eigenvalue weighted by Gasteiger charge is -2.26. The van der Waals surface area contributed by atoms with E-state index in [9.17, 15) is 15.0 Å². The molecule has 1 aliphatic rings. The topological polar surface area (TPSA) is 172 Å².